The Morgan fingerprint density at radius 2 is 2.25 bits per heavy atom. The quantitative estimate of drug-likeness (QED) is 0.627. The van der Waals surface area contributed by atoms with Crippen molar-refractivity contribution in [1.82, 2.24) is 0 Å². The first-order chi connectivity index (χ1) is 5.81. The highest BCUT2D eigenvalue weighted by atomic mass is 28.2. The molecule has 1 aliphatic rings. The maximum Gasteiger partial charge on any atom is 0.341 e. The van der Waals surface area contributed by atoms with Gasteiger partial charge >= 0.3 is 10.5 Å². The van der Waals surface area contributed by atoms with Gasteiger partial charge < -0.3 is 4.43 Å². The standard InChI is InChI=1S/C10H11OSi/c1-7-5-10(7)8-3-2-4-9(6-8)11-12/h2-4,6-7,10H,5H2,1H3/t7-,10-/m1/s1. The summed E-state index contributed by atoms with van der Waals surface area (Å²) < 4.78 is 4.97. The molecule has 0 aliphatic heterocycles. The Kier molecular flexibility index (Phi) is 1.93. The molecule has 12 heavy (non-hydrogen) atoms. The predicted molar refractivity (Wildman–Crippen MR) is 49.3 cm³/mol. The lowest BCUT2D eigenvalue weighted by Crippen LogP contribution is -1.87. The van der Waals surface area contributed by atoms with Crippen LogP contribution in [0.3, 0.4) is 0 Å². The first-order valence-corrected chi connectivity index (χ1v) is 4.65. The fourth-order valence-corrected chi connectivity index (χ4v) is 1.72. The van der Waals surface area contributed by atoms with E-state index in [2.05, 4.69) is 29.5 Å². The smallest absolute Gasteiger partial charge is 0.341 e. The highest BCUT2D eigenvalue weighted by Crippen LogP contribution is 2.47. The monoisotopic (exact) mass is 175 g/mol. The van der Waals surface area contributed by atoms with Crippen LogP contribution in [0, 0.1) is 5.92 Å². The average Bonchev–Trinajstić information content (AvgIpc) is 2.83. The summed E-state index contributed by atoms with van der Waals surface area (Å²) in [6.45, 7) is 2.28. The molecule has 2 rings (SSSR count). The van der Waals surface area contributed by atoms with Crippen molar-refractivity contribution in [3.05, 3.63) is 29.8 Å². The second-order valence-corrected chi connectivity index (χ2v) is 3.70. The molecule has 1 nitrogen and oxygen atoms in total. The van der Waals surface area contributed by atoms with Crippen LogP contribution in [0.4, 0.5) is 0 Å². The van der Waals surface area contributed by atoms with Gasteiger partial charge in [-0.3, -0.25) is 0 Å². The van der Waals surface area contributed by atoms with Crippen LogP contribution in [0.2, 0.25) is 0 Å². The van der Waals surface area contributed by atoms with E-state index in [0.29, 0.717) is 0 Å². The van der Waals surface area contributed by atoms with Gasteiger partial charge in [-0.05, 0) is 36.0 Å². The SMILES string of the molecule is C[C@@H]1C[C@H]1c1cccc(O[Si])c1. The van der Waals surface area contributed by atoms with Crippen molar-refractivity contribution in [3.8, 4) is 5.75 Å². The predicted octanol–water partition coefficient (Wildman–Crippen LogP) is 2.27. The summed E-state index contributed by atoms with van der Waals surface area (Å²) in [5.41, 5.74) is 1.40. The van der Waals surface area contributed by atoms with Gasteiger partial charge in [-0.15, -0.1) is 0 Å². The van der Waals surface area contributed by atoms with Crippen LogP contribution in [-0.4, -0.2) is 10.5 Å². The van der Waals surface area contributed by atoms with E-state index in [4.69, 9.17) is 4.43 Å². The van der Waals surface area contributed by atoms with Crippen LogP contribution >= 0.6 is 0 Å². The molecular formula is C10H11OSi. The molecule has 1 aromatic rings. The van der Waals surface area contributed by atoms with E-state index in [9.17, 15) is 0 Å². The van der Waals surface area contributed by atoms with Gasteiger partial charge in [0.1, 0.15) is 5.75 Å². The maximum absolute atomic E-state index is 4.97. The van der Waals surface area contributed by atoms with Gasteiger partial charge in [-0.2, -0.15) is 0 Å². The van der Waals surface area contributed by atoms with Gasteiger partial charge in [-0.25, -0.2) is 0 Å². The zero-order chi connectivity index (χ0) is 8.55. The minimum atomic E-state index is 0.770. The van der Waals surface area contributed by atoms with Gasteiger partial charge in [0.2, 0.25) is 0 Å². The average molecular weight is 175 g/mol. The Morgan fingerprint density at radius 3 is 2.83 bits per heavy atom. The molecule has 0 heterocycles. The van der Waals surface area contributed by atoms with Crippen molar-refractivity contribution in [1.29, 1.82) is 0 Å². The molecule has 2 heteroatoms. The van der Waals surface area contributed by atoms with Crippen LogP contribution in [0.1, 0.15) is 24.8 Å². The molecule has 1 fully saturated rings. The lowest BCUT2D eigenvalue weighted by atomic mass is 10.1. The molecule has 1 aromatic carbocycles. The third-order valence-electron chi connectivity index (χ3n) is 2.51. The lowest BCUT2D eigenvalue weighted by Gasteiger charge is -2.02. The molecule has 0 unspecified atom stereocenters. The Labute approximate surface area is 76.3 Å². The highest BCUT2D eigenvalue weighted by Gasteiger charge is 2.33. The minimum Gasteiger partial charge on any atom is -0.540 e. The molecule has 0 aromatic heterocycles. The van der Waals surface area contributed by atoms with E-state index in [-0.39, 0.29) is 0 Å². The van der Waals surface area contributed by atoms with Gasteiger partial charge in [0, 0.05) is 0 Å². The van der Waals surface area contributed by atoms with E-state index in [1.165, 1.54) is 12.0 Å². The van der Waals surface area contributed by atoms with Gasteiger partial charge in [0.05, 0.1) is 0 Å². The zero-order valence-corrected chi connectivity index (χ0v) is 8.08. The molecule has 0 amide bonds. The van der Waals surface area contributed by atoms with E-state index in [0.717, 1.165) is 17.6 Å². The summed E-state index contributed by atoms with van der Waals surface area (Å²) in [6.07, 6.45) is 1.32. The summed E-state index contributed by atoms with van der Waals surface area (Å²) in [4.78, 5) is 0. The summed E-state index contributed by atoms with van der Waals surface area (Å²) in [6, 6.07) is 8.25. The molecule has 0 N–H and O–H groups in total. The summed E-state index contributed by atoms with van der Waals surface area (Å²) >= 11 is 0. The van der Waals surface area contributed by atoms with Crippen molar-refractivity contribution in [2.75, 3.05) is 0 Å². The van der Waals surface area contributed by atoms with Crippen molar-refractivity contribution < 1.29 is 4.43 Å². The molecule has 0 saturated heterocycles. The van der Waals surface area contributed by atoms with Gasteiger partial charge in [0.15, 0.2) is 0 Å². The second-order valence-electron chi connectivity index (χ2n) is 3.49. The summed E-state index contributed by atoms with van der Waals surface area (Å²) in [5.74, 6) is 2.52. The van der Waals surface area contributed by atoms with E-state index >= 15 is 0 Å². The number of hydrogen-bond donors (Lipinski definition) is 0. The fraction of sp³-hybridized carbons (Fsp3) is 0.400. The molecule has 61 valence electrons. The topological polar surface area (TPSA) is 9.23 Å². The summed E-state index contributed by atoms with van der Waals surface area (Å²) in [7, 11) is 3.02. The maximum atomic E-state index is 4.97. The van der Waals surface area contributed by atoms with E-state index in [1.54, 1.807) is 0 Å². The van der Waals surface area contributed by atoms with Crippen molar-refractivity contribution in [2.45, 2.75) is 19.3 Å². The largest absolute Gasteiger partial charge is 0.540 e. The Hall–Kier alpha value is -0.763. The molecule has 0 spiro atoms. The molecule has 0 bridgehead atoms. The Balaban J connectivity index is 2.21. The van der Waals surface area contributed by atoms with Crippen LogP contribution in [-0.2, 0) is 0 Å². The van der Waals surface area contributed by atoms with Crippen LogP contribution < -0.4 is 4.43 Å². The van der Waals surface area contributed by atoms with Crippen LogP contribution in [0.25, 0.3) is 0 Å². The third-order valence-corrected chi connectivity index (χ3v) is 2.75. The number of hydrogen-bond acceptors (Lipinski definition) is 1. The van der Waals surface area contributed by atoms with Crippen LogP contribution in [0.5, 0.6) is 5.75 Å². The first kappa shape index (κ1) is 7.86. The minimum absolute atomic E-state index is 0.770. The van der Waals surface area contributed by atoms with Gasteiger partial charge in [-0.1, -0.05) is 19.1 Å². The molecular weight excluding hydrogens is 164 g/mol. The van der Waals surface area contributed by atoms with E-state index < -0.39 is 0 Å². The molecule has 2 atom stereocenters. The number of rotatable bonds is 2. The molecule has 3 radical (unpaired) electrons. The van der Waals surface area contributed by atoms with Crippen molar-refractivity contribution in [2.24, 2.45) is 5.92 Å². The second kappa shape index (κ2) is 2.94. The van der Waals surface area contributed by atoms with Crippen LogP contribution in [0.15, 0.2) is 24.3 Å². The lowest BCUT2D eigenvalue weighted by molar-refractivity contribution is 0.614. The first-order valence-electron chi connectivity index (χ1n) is 4.25. The molecule has 1 aliphatic carbocycles. The highest BCUT2D eigenvalue weighted by molar-refractivity contribution is 5.99. The summed E-state index contributed by atoms with van der Waals surface area (Å²) in [5, 5.41) is 0. The van der Waals surface area contributed by atoms with Crippen molar-refractivity contribution in [3.63, 3.8) is 0 Å². The zero-order valence-electron chi connectivity index (χ0n) is 7.08. The Morgan fingerprint density at radius 1 is 1.50 bits per heavy atom. The third kappa shape index (κ3) is 1.39. The Bertz CT molecular complexity index is 285. The van der Waals surface area contributed by atoms with E-state index in [1.807, 2.05) is 12.1 Å². The normalized spacial score (nSPS) is 26.8. The van der Waals surface area contributed by atoms with Gasteiger partial charge in [0.25, 0.3) is 0 Å². The molecule has 1 saturated carbocycles. The number of benzene rings is 1. The fourth-order valence-electron chi connectivity index (χ4n) is 1.60. The van der Waals surface area contributed by atoms with Crippen molar-refractivity contribution >= 4 is 10.5 Å².